The van der Waals surface area contributed by atoms with Gasteiger partial charge in [0.1, 0.15) is 0 Å². The maximum Gasteiger partial charge on any atom is 0.269 e. The Labute approximate surface area is 123 Å². The molecular weight excluding hydrogens is 294 g/mol. The molecule has 1 heterocycles. The van der Waals surface area contributed by atoms with Crippen LogP contribution in [0.3, 0.4) is 0 Å². The SMILES string of the molecule is O=[N+]([O-])c1ccc(S(=O)(=O)NC2CCCCNCC2)cc1. The predicted octanol–water partition coefficient (Wildman–Crippen LogP) is 1.41. The Morgan fingerprint density at radius 2 is 1.86 bits per heavy atom. The van der Waals surface area contributed by atoms with Gasteiger partial charge in [-0.25, -0.2) is 13.1 Å². The Kier molecular flexibility index (Phi) is 5.27. The molecule has 1 fully saturated rings. The number of nitro groups is 1. The van der Waals surface area contributed by atoms with Crippen molar-refractivity contribution in [2.75, 3.05) is 13.1 Å². The van der Waals surface area contributed by atoms with Gasteiger partial charge in [-0.3, -0.25) is 10.1 Å². The maximum atomic E-state index is 12.3. The van der Waals surface area contributed by atoms with Crippen LogP contribution in [0.5, 0.6) is 0 Å². The number of rotatable bonds is 4. The van der Waals surface area contributed by atoms with Gasteiger partial charge in [-0.05, 0) is 44.5 Å². The van der Waals surface area contributed by atoms with E-state index in [0.717, 1.165) is 38.8 Å². The molecule has 1 aromatic carbocycles. The molecule has 21 heavy (non-hydrogen) atoms. The first-order valence-corrected chi connectivity index (χ1v) is 8.45. The summed E-state index contributed by atoms with van der Waals surface area (Å²) in [6.07, 6.45) is 3.57. The number of hydrogen-bond acceptors (Lipinski definition) is 5. The van der Waals surface area contributed by atoms with Crippen LogP contribution in [0, 0.1) is 10.1 Å². The lowest BCUT2D eigenvalue weighted by atomic mass is 10.1. The molecule has 0 aliphatic carbocycles. The molecule has 2 N–H and O–H groups in total. The van der Waals surface area contributed by atoms with E-state index in [-0.39, 0.29) is 16.6 Å². The van der Waals surface area contributed by atoms with Crippen LogP contribution in [0.2, 0.25) is 0 Å². The minimum atomic E-state index is -3.63. The molecule has 0 bridgehead atoms. The third kappa shape index (κ3) is 4.48. The van der Waals surface area contributed by atoms with E-state index in [1.54, 1.807) is 0 Å². The number of nitrogens with zero attached hydrogens (tertiary/aromatic N) is 1. The normalized spacial score (nSPS) is 20.5. The summed E-state index contributed by atoms with van der Waals surface area (Å²) in [5.41, 5.74) is -0.121. The van der Waals surface area contributed by atoms with Crippen LogP contribution in [0.4, 0.5) is 5.69 Å². The first-order chi connectivity index (χ1) is 9.99. The van der Waals surface area contributed by atoms with Gasteiger partial charge in [0.2, 0.25) is 10.0 Å². The van der Waals surface area contributed by atoms with Crippen LogP contribution < -0.4 is 10.0 Å². The minimum Gasteiger partial charge on any atom is -0.317 e. The fraction of sp³-hybridized carbons (Fsp3) is 0.538. The Morgan fingerprint density at radius 3 is 2.52 bits per heavy atom. The van der Waals surface area contributed by atoms with E-state index in [0.29, 0.717) is 0 Å². The highest BCUT2D eigenvalue weighted by molar-refractivity contribution is 7.89. The van der Waals surface area contributed by atoms with Gasteiger partial charge in [-0.2, -0.15) is 0 Å². The summed E-state index contributed by atoms with van der Waals surface area (Å²) < 4.78 is 27.2. The molecular formula is C13H19N3O4S. The van der Waals surface area contributed by atoms with Crippen molar-refractivity contribution in [3.8, 4) is 0 Å². The molecule has 1 atom stereocenters. The third-order valence-corrected chi connectivity index (χ3v) is 5.04. The van der Waals surface area contributed by atoms with Crippen LogP contribution in [-0.4, -0.2) is 32.5 Å². The standard InChI is InChI=1S/C13H19N3O4S/c17-16(18)12-4-6-13(7-5-12)21(19,20)15-11-3-1-2-9-14-10-8-11/h4-7,11,14-15H,1-3,8-10H2. The molecule has 2 rings (SSSR count). The van der Waals surface area contributed by atoms with Crippen LogP contribution in [-0.2, 0) is 10.0 Å². The van der Waals surface area contributed by atoms with Gasteiger partial charge in [0.05, 0.1) is 9.82 Å². The lowest BCUT2D eigenvalue weighted by Crippen LogP contribution is -2.38. The summed E-state index contributed by atoms with van der Waals surface area (Å²) in [5, 5.41) is 13.8. The predicted molar refractivity (Wildman–Crippen MR) is 78.5 cm³/mol. The van der Waals surface area contributed by atoms with Gasteiger partial charge in [-0.1, -0.05) is 6.42 Å². The average Bonchev–Trinajstić information content (AvgIpc) is 2.42. The maximum absolute atomic E-state index is 12.3. The zero-order chi connectivity index (χ0) is 15.3. The summed E-state index contributed by atoms with van der Waals surface area (Å²) in [6.45, 7) is 1.76. The zero-order valence-electron chi connectivity index (χ0n) is 11.6. The minimum absolute atomic E-state index is 0.0584. The molecule has 8 heteroatoms. The Bertz CT molecular complexity index is 578. The van der Waals surface area contributed by atoms with Gasteiger partial charge < -0.3 is 5.32 Å². The van der Waals surface area contributed by atoms with E-state index in [1.807, 2.05) is 0 Å². The second-order valence-corrected chi connectivity index (χ2v) is 6.82. The smallest absolute Gasteiger partial charge is 0.269 e. The highest BCUT2D eigenvalue weighted by atomic mass is 32.2. The van der Waals surface area contributed by atoms with E-state index < -0.39 is 14.9 Å². The van der Waals surface area contributed by atoms with Crippen molar-refractivity contribution in [1.82, 2.24) is 10.0 Å². The van der Waals surface area contributed by atoms with Crippen molar-refractivity contribution in [2.24, 2.45) is 0 Å². The van der Waals surface area contributed by atoms with Crippen molar-refractivity contribution >= 4 is 15.7 Å². The van der Waals surface area contributed by atoms with E-state index in [2.05, 4.69) is 10.0 Å². The average molecular weight is 313 g/mol. The van der Waals surface area contributed by atoms with Crippen molar-refractivity contribution in [2.45, 2.75) is 36.6 Å². The highest BCUT2D eigenvalue weighted by Gasteiger charge is 2.21. The summed E-state index contributed by atoms with van der Waals surface area (Å²) in [6, 6.07) is 4.84. The highest BCUT2D eigenvalue weighted by Crippen LogP contribution is 2.17. The third-order valence-electron chi connectivity index (χ3n) is 3.51. The van der Waals surface area contributed by atoms with Crippen molar-refractivity contribution < 1.29 is 13.3 Å². The fourth-order valence-corrected chi connectivity index (χ4v) is 3.64. The number of nitrogens with one attached hydrogen (secondary N) is 2. The Morgan fingerprint density at radius 1 is 1.14 bits per heavy atom. The largest absolute Gasteiger partial charge is 0.317 e. The first kappa shape index (κ1) is 15.9. The molecule has 1 saturated heterocycles. The van der Waals surface area contributed by atoms with Gasteiger partial charge >= 0.3 is 0 Å². The summed E-state index contributed by atoms with van der Waals surface area (Å²) in [5.74, 6) is 0. The van der Waals surface area contributed by atoms with Crippen molar-refractivity contribution in [3.63, 3.8) is 0 Å². The van der Waals surface area contributed by atoms with E-state index in [1.165, 1.54) is 24.3 Å². The summed E-state index contributed by atoms with van der Waals surface area (Å²) in [7, 11) is -3.63. The molecule has 0 radical (unpaired) electrons. The molecule has 7 nitrogen and oxygen atoms in total. The molecule has 0 spiro atoms. The van der Waals surface area contributed by atoms with Crippen molar-refractivity contribution in [3.05, 3.63) is 34.4 Å². The second kappa shape index (κ2) is 6.97. The molecule has 0 saturated carbocycles. The van der Waals surface area contributed by atoms with Crippen LogP contribution in [0.15, 0.2) is 29.2 Å². The van der Waals surface area contributed by atoms with E-state index in [9.17, 15) is 18.5 Å². The van der Waals surface area contributed by atoms with Gasteiger partial charge in [-0.15, -0.1) is 0 Å². The quantitative estimate of drug-likeness (QED) is 0.646. The number of non-ortho nitro benzene ring substituents is 1. The molecule has 1 aliphatic heterocycles. The topological polar surface area (TPSA) is 101 Å². The monoisotopic (exact) mass is 313 g/mol. The molecule has 0 aromatic heterocycles. The lowest BCUT2D eigenvalue weighted by Gasteiger charge is -2.21. The Hall–Kier alpha value is -1.51. The fourth-order valence-electron chi connectivity index (χ4n) is 2.34. The first-order valence-electron chi connectivity index (χ1n) is 6.96. The van der Waals surface area contributed by atoms with E-state index >= 15 is 0 Å². The molecule has 1 unspecified atom stereocenters. The number of nitro benzene ring substituents is 1. The number of sulfonamides is 1. The molecule has 1 aliphatic rings. The number of benzene rings is 1. The molecule has 1 aromatic rings. The zero-order valence-corrected chi connectivity index (χ0v) is 12.4. The van der Waals surface area contributed by atoms with Crippen LogP contribution >= 0.6 is 0 Å². The lowest BCUT2D eigenvalue weighted by molar-refractivity contribution is -0.384. The van der Waals surface area contributed by atoms with Gasteiger partial charge in [0.25, 0.3) is 5.69 Å². The van der Waals surface area contributed by atoms with E-state index in [4.69, 9.17) is 0 Å². The van der Waals surface area contributed by atoms with Gasteiger partial charge in [0.15, 0.2) is 0 Å². The van der Waals surface area contributed by atoms with Gasteiger partial charge in [0, 0.05) is 18.2 Å². The van der Waals surface area contributed by atoms with Crippen LogP contribution in [0.25, 0.3) is 0 Å². The molecule has 0 amide bonds. The Balaban J connectivity index is 2.07. The number of hydrogen-bond donors (Lipinski definition) is 2. The molecule has 116 valence electrons. The summed E-state index contributed by atoms with van der Waals surface area (Å²) in [4.78, 5) is 10.1. The summed E-state index contributed by atoms with van der Waals surface area (Å²) >= 11 is 0. The van der Waals surface area contributed by atoms with Crippen LogP contribution in [0.1, 0.15) is 25.7 Å². The second-order valence-electron chi connectivity index (χ2n) is 5.10. The van der Waals surface area contributed by atoms with Crippen molar-refractivity contribution in [1.29, 1.82) is 0 Å².